The third-order valence-electron chi connectivity index (χ3n) is 2.78. The second kappa shape index (κ2) is 6.21. The molecule has 0 aliphatic heterocycles. The normalized spacial score (nSPS) is 10.5. The summed E-state index contributed by atoms with van der Waals surface area (Å²) in [6, 6.07) is 11.3. The van der Waals surface area contributed by atoms with Crippen LogP contribution < -0.4 is 10.1 Å². The Balaban J connectivity index is 1.63. The minimum absolute atomic E-state index is 0.201. The fourth-order valence-corrected chi connectivity index (χ4v) is 1.91. The van der Waals surface area contributed by atoms with Crippen LogP contribution in [0.1, 0.15) is 17.3 Å². The van der Waals surface area contributed by atoms with Crippen LogP contribution in [0, 0.1) is 13.8 Å². The first-order valence-electron chi connectivity index (χ1n) is 6.79. The molecule has 22 heavy (non-hydrogen) atoms. The van der Waals surface area contributed by atoms with Crippen molar-refractivity contribution in [3.05, 3.63) is 53.7 Å². The van der Waals surface area contributed by atoms with E-state index >= 15 is 0 Å². The second-order valence-electron chi connectivity index (χ2n) is 4.71. The van der Waals surface area contributed by atoms with Crippen molar-refractivity contribution >= 4 is 11.9 Å². The van der Waals surface area contributed by atoms with Crippen molar-refractivity contribution in [1.29, 1.82) is 0 Å². The maximum atomic E-state index is 5.54. The molecule has 0 amide bonds. The summed E-state index contributed by atoms with van der Waals surface area (Å²) in [4.78, 5) is 12.7. The molecule has 0 bridgehead atoms. The van der Waals surface area contributed by atoms with Gasteiger partial charge in [-0.25, -0.2) is 9.97 Å². The quantitative estimate of drug-likeness (QED) is 0.774. The zero-order chi connectivity index (χ0) is 15.4. The average molecular weight is 297 g/mol. The van der Waals surface area contributed by atoms with E-state index in [2.05, 4.69) is 25.4 Å². The van der Waals surface area contributed by atoms with Gasteiger partial charge in [0.25, 0.3) is 11.8 Å². The van der Waals surface area contributed by atoms with Gasteiger partial charge >= 0.3 is 0 Å². The predicted octanol–water partition coefficient (Wildman–Crippen LogP) is 2.80. The standard InChI is InChI=1S/C15H15N5O2/c1-10-8-11(2)17-14(16-10)19-15-18-13(22-20-15)9-21-12-6-4-3-5-7-12/h3-8H,9H2,1-2H3,(H,16,17,19,20). The number of hydrogen-bond acceptors (Lipinski definition) is 7. The van der Waals surface area contributed by atoms with Crippen LogP contribution in [0.5, 0.6) is 5.75 Å². The van der Waals surface area contributed by atoms with Crippen molar-refractivity contribution in [2.24, 2.45) is 0 Å². The summed E-state index contributed by atoms with van der Waals surface area (Å²) >= 11 is 0. The van der Waals surface area contributed by atoms with Crippen LogP contribution in [0.25, 0.3) is 0 Å². The third-order valence-corrected chi connectivity index (χ3v) is 2.78. The Bertz CT molecular complexity index is 737. The fourth-order valence-electron chi connectivity index (χ4n) is 1.91. The lowest BCUT2D eigenvalue weighted by Gasteiger charge is -2.02. The van der Waals surface area contributed by atoms with Gasteiger partial charge in [0.1, 0.15) is 5.75 Å². The summed E-state index contributed by atoms with van der Waals surface area (Å²) in [5.74, 6) is 1.86. The van der Waals surface area contributed by atoms with Crippen LogP contribution in [-0.4, -0.2) is 20.1 Å². The van der Waals surface area contributed by atoms with Crippen molar-refractivity contribution in [2.45, 2.75) is 20.5 Å². The molecular weight excluding hydrogens is 282 g/mol. The Morgan fingerprint density at radius 1 is 1.00 bits per heavy atom. The van der Waals surface area contributed by atoms with Gasteiger partial charge in [0.15, 0.2) is 6.61 Å². The zero-order valence-corrected chi connectivity index (χ0v) is 12.3. The number of anilines is 2. The molecule has 0 aliphatic carbocycles. The number of benzene rings is 1. The molecule has 0 spiro atoms. The van der Waals surface area contributed by atoms with E-state index in [1.807, 2.05) is 50.2 Å². The molecule has 1 N–H and O–H groups in total. The smallest absolute Gasteiger partial charge is 0.270 e. The number of nitrogens with one attached hydrogen (secondary N) is 1. The van der Waals surface area contributed by atoms with E-state index in [9.17, 15) is 0 Å². The van der Waals surface area contributed by atoms with Crippen molar-refractivity contribution in [3.63, 3.8) is 0 Å². The number of nitrogens with zero attached hydrogens (tertiary/aromatic N) is 4. The Labute approximate surface area is 127 Å². The molecule has 0 unspecified atom stereocenters. The van der Waals surface area contributed by atoms with E-state index in [4.69, 9.17) is 9.26 Å². The number of hydrogen-bond donors (Lipinski definition) is 1. The van der Waals surface area contributed by atoms with Gasteiger partial charge in [0.2, 0.25) is 5.95 Å². The molecule has 1 aromatic carbocycles. The fraction of sp³-hybridized carbons (Fsp3) is 0.200. The minimum atomic E-state index is 0.201. The molecule has 0 saturated heterocycles. The van der Waals surface area contributed by atoms with Gasteiger partial charge in [-0.3, -0.25) is 5.32 Å². The van der Waals surface area contributed by atoms with Gasteiger partial charge in [-0.2, -0.15) is 4.98 Å². The molecule has 7 heteroatoms. The molecule has 0 radical (unpaired) electrons. The summed E-state index contributed by atoms with van der Waals surface area (Å²) in [6.45, 7) is 4.00. The molecule has 2 aromatic heterocycles. The Morgan fingerprint density at radius 3 is 2.45 bits per heavy atom. The zero-order valence-electron chi connectivity index (χ0n) is 12.3. The van der Waals surface area contributed by atoms with Crippen LogP contribution in [0.15, 0.2) is 40.9 Å². The molecule has 3 aromatic rings. The first-order chi connectivity index (χ1) is 10.7. The van der Waals surface area contributed by atoms with E-state index in [-0.39, 0.29) is 6.61 Å². The number of aryl methyl sites for hydroxylation is 2. The first kappa shape index (κ1) is 14.0. The van der Waals surface area contributed by atoms with Crippen molar-refractivity contribution in [1.82, 2.24) is 20.1 Å². The number of ether oxygens (including phenoxy) is 1. The van der Waals surface area contributed by atoms with E-state index in [0.29, 0.717) is 17.8 Å². The minimum Gasteiger partial charge on any atom is -0.484 e. The summed E-state index contributed by atoms with van der Waals surface area (Å²) in [5, 5.41) is 6.74. The maximum absolute atomic E-state index is 5.54. The molecule has 112 valence electrons. The van der Waals surface area contributed by atoms with Gasteiger partial charge in [0.05, 0.1) is 0 Å². The van der Waals surface area contributed by atoms with Crippen LogP contribution in [-0.2, 0) is 6.61 Å². The molecule has 0 atom stereocenters. The van der Waals surface area contributed by atoms with E-state index < -0.39 is 0 Å². The highest BCUT2D eigenvalue weighted by atomic mass is 16.5. The molecule has 2 heterocycles. The van der Waals surface area contributed by atoms with Crippen LogP contribution in [0.4, 0.5) is 11.9 Å². The van der Waals surface area contributed by atoms with E-state index in [0.717, 1.165) is 17.1 Å². The monoisotopic (exact) mass is 297 g/mol. The van der Waals surface area contributed by atoms with Gasteiger partial charge in [-0.15, -0.1) is 0 Å². The molecule has 7 nitrogen and oxygen atoms in total. The lowest BCUT2D eigenvalue weighted by molar-refractivity contribution is 0.243. The van der Waals surface area contributed by atoms with Gasteiger partial charge in [0, 0.05) is 11.4 Å². The lowest BCUT2D eigenvalue weighted by atomic mass is 10.3. The van der Waals surface area contributed by atoms with E-state index in [1.165, 1.54) is 0 Å². The van der Waals surface area contributed by atoms with Gasteiger partial charge < -0.3 is 9.26 Å². The molecule has 0 aliphatic rings. The van der Waals surface area contributed by atoms with E-state index in [1.54, 1.807) is 0 Å². The Morgan fingerprint density at radius 2 is 1.73 bits per heavy atom. The average Bonchev–Trinajstić information content (AvgIpc) is 2.93. The summed E-state index contributed by atoms with van der Waals surface area (Å²) in [7, 11) is 0. The molecule has 0 saturated carbocycles. The molecule has 3 rings (SSSR count). The molecular formula is C15H15N5O2. The highest BCUT2D eigenvalue weighted by molar-refractivity contribution is 5.41. The van der Waals surface area contributed by atoms with Gasteiger partial charge in [-0.1, -0.05) is 18.2 Å². The van der Waals surface area contributed by atoms with Crippen LogP contribution >= 0.6 is 0 Å². The van der Waals surface area contributed by atoms with Crippen molar-refractivity contribution < 1.29 is 9.26 Å². The maximum Gasteiger partial charge on any atom is 0.270 e. The summed E-state index contributed by atoms with van der Waals surface area (Å²) in [6.07, 6.45) is 0. The van der Waals surface area contributed by atoms with Crippen molar-refractivity contribution in [3.8, 4) is 5.75 Å². The lowest BCUT2D eigenvalue weighted by Crippen LogP contribution is -2.01. The third kappa shape index (κ3) is 3.57. The predicted molar refractivity (Wildman–Crippen MR) is 79.9 cm³/mol. The highest BCUT2D eigenvalue weighted by Gasteiger charge is 2.09. The SMILES string of the molecule is Cc1cc(C)nc(Nc2noc(COc3ccccc3)n2)n1. The van der Waals surface area contributed by atoms with Gasteiger partial charge in [-0.05, 0) is 37.2 Å². The number of aromatic nitrogens is 4. The van der Waals surface area contributed by atoms with Crippen LogP contribution in [0.3, 0.4) is 0 Å². The largest absolute Gasteiger partial charge is 0.484 e. The van der Waals surface area contributed by atoms with Crippen LogP contribution in [0.2, 0.25) is 0 Å². The summed E-state index contributed by atoms with van der Waals surface area (Å²) in [5.41, 5.74) is 1.73. The number of para-hydroxylation sites is 1. The topological polar surface area (TPSA) is 86.0 Å². The Hall–Kier alpha value is -2.96. The molecule has 0 fully saturated rings. The first-order valence-corrected chi connectivity index (χ1v) is 6.79. The highest BCUT2D eigenvalue weighted by Crippen LogP contribution is 2.13. The number of rotatable bonds is 5. The Kier molecular flexibility index (Phi) is 3.95. The second-order valence-corrected chi connectivity index (χ2v) is 4.71. The van der Waals surface area contributed by atoms with Crippen molar-refractivity contribution in [2.75, 3.05) is 5.32 Å². The summed E-state index contributed by atoms with van der Waals surface area (Å²) < 4.78 is 10.7.